The fraction of sp³-hybridized carbons (Fsp3) is 0.500. The monoisotopic (exact) mass is 467 g/mol. The van der Waals surface area contributed by atoms with Crippen LogP contribution >= 0.6 is 0 Å². The van der Waals surface area contributed by atoms with Crippen molar-refractivity contribution in [3.63, 3.8) is 0 Å². The molecule has 8 heteroatoms. The van der Waals surface area contributed by atoms with Gasteiger partial charge in [0.05, 0.1) is 13.7 Å². The van der Waals surface area contributed by atoms with Crippen molar-refractivity contribution >= 4 is 0 Å². The Morgan fingerprint density at radius 3 is 2.59 bits per heavy atom. The molecule has 8 nitrogen and oxygen atoms in total. The van der Waals surface area contributed by atoms with Crippen LogP contribution < -0.4 is 9.47 Å². The minimum Gasteiger partial charge on any atom is -0.490 e. The Kier molecular flexibility index (Phi) is 7.80. The van der Waals surface area contributed by atoms with Gasteiger partial charge in [0.2, 0.25) is 11.7 Å². The highest BCUT2D eigenvalue weighted by Gasteiger charge is 2.21. The second kappa shape index (κ2) is 11.0. The number of aromatic nitrogens is 3. The van der Waals surface area contributed by atoms with Gasteiger partial charge < -0.3 is 24.2 Å². The molecule has 0 unspecified atom stereocenters. The van der Waals surface area contributed by atoms with Gasteiger partial charge in [-0.3, -0.25) is 0 Å². The number of rotatable bonds is 9. The number of ether oxygens (including phenoxy) is 2. The Balaban J connectivity index is 1.63. The van der Waals surface area contributed by atoms with Crippen molar-refractivity contribution in [2.45, 2.75) is 64.4 Å². The third-order valence-corrected chi connectivity index (χ3v) is 6.35. The van der Waals surface area contributed by atoms with Crippen molar-refractivity contribution in [2.24, 2.45) is 0 Å². The van der Waals surface area contributed by atoms with Gasteiger partial charge in [-0.05, 0) is 55.5 Å². The van der Waals surface area contributed by atoms with Crippen LogP contribution in [0.15, 0.2) is 28.8 Å². The molecule has 182 valence electrons. The van der Waals surface area contributed by atoms with E-state index >= 15 is 0 Å². The molecular weight excluding hydrogens is 434 g/mol. The molecule has 1 aliphatic carbocycles. The molecule has 3 aromatic rings. The molecule has 1 fully saturated rings. The number of benzene rings is 1. The number of aliphatic hydroxyl groups is 2. The minimum atomic E-state index is -0.917. The van der Waals surface area contributed by atoms with Crippen LogP contribution in [0.1, 0.15) is 61.8 Å². The van der Waals surface area contributed by atoms with Gasteiger partial charge in [-0.1, -0.05) is 31.3 Å². The lowest BCUT2D eigenvalue weighted by molar-refractivity contribution is 0.0531. The molecule has 0 aliphatic heterocycles. The van der Waals surface area contributed by atoms with Crippen LogP contribution in [0.2, 0.25) is 0 Å². The molecule has 0 spiro atoms. The normalized spacial score (nSPS) is 15.3. The van der Waals surface area contributed by atoms with E-state index in [1.165, 1.54) is 19.3 Å². The maximum atomic E-state index is 9.64. The van der Waals surface area contributed by atoms with Crippen molar-refractivity contribution in [2.75, 3.05) is 20.3 Å². The molecule has 0 amide bonds. The van der Waals surface area contributed by atoms with Crippen LogP contribution in [0.3, 0.4) is 0 Å². The van der Waals surface area contributed by atoms with E-state index in [2.05, 4.69) is 15.1 Å². The van der Waals surface area contributed by atoms with E-state index in [4.69, 9.17) is 19.1 Å². The number of aliphatic hydroxyl groups excluding tert-OH is 2. The standard InChI is InChI=1S/C26H33N3O5/c1-4-17-11-19(10-16(2)24(17)33-15-21(31)14-30)25-28-26(34-29-25)20-12-22(27-23(13-20)32-3)18-8-6-5-7-9-18/h10-13,18,21,30-31H,4-9,14-15H2,1-3H3/t21-/m0/s1. The second-order valence-electron chi connectivity index (χ2n) is 8.86. The van der Waals surface area contributed by atoms with Crippen LogP contribution in [-0.4, -0.2) is 51.8 Å². The average molecular weight is 468 g/mol. The first-order valence-electron chi connectivity index (χ1n) is 12.0. The average Bonchev–Trinajstić information content (AvgIpc) is 3.38. The van der Waals surface area contributed by atoms with Gasteiger partial charge >= 0.3 is 0 Å². The van der Waals surface area contributed by atoms with E-state index in [1.54, 1.807) is 7.11 Å². The summed E-state index contributed by atoms with van der Waals surface area (Å²) < 4.78 is 16.9. The highest BCUT2D eigenvalue weighted by Crippen LogP contribution is 2.36. The summed E-state index contributed by atoms with van der Waals surface area (Å²) in [6.07, 6.45) is 5.82. The summed E-state index contributed by atoms with van der Waals surface area (Å²) in [6, 6.07) is 7.79. The van der Waals surface area contributed by atoms with E-state index in [1.807, 2.05) is 38.1 Å². The molecule has 0 radical (unpaired) electrons. The number of methoxy groups -OCH3 is 1. The molecule has 2 heterocycles. The predicted octanol–water partition coefficient (Wildman–Crippen LogP) is 4.46. The Bertz CT molecular complexity index is 1110. The zero-order valence-corrected chi connectivity index (χ0v) is 20.1. The smallest absolute Gasteiger partial charge is 0.258 e. The molecule has 34 heavy (non-hydrogen) atoms. The van der Waals surface area contributed by atoms with Crippen molar-refractivity contribution in [3.8, 4) is 34.5 Å². The first-order chi connectivity index (χ1) is 16.5. The lowest BCUT2D eigenvalue weighted by Crippen LogP contribution is -2.22. The lowest BCUT2D eigenvalue weighted by Gasteiger charge is -2.21. The van der Waals surface area contributed by atoms with Crippen molar-refractivity contribution in [1.29, 1.82) is 0 Å². The van der Waals surface area contributed by atoms with Gasteiger partial charge in [0, 0.05) is 28.8 Å². The molecule has 1 aromatic carbocycles. The molecule has 4 rings (SSSR count). The first kappa shape index (κ1) is 24.2. The van der Waals surface area contributed by atoms with Gasteiger partial charge in [-0.2, -0.15) is 4.98 Å². The van der Waals surface area contributed by atoms with E-state index in [0.29, 0.717) is 29.3 Å². The SMILES string of the molecule is CCc1cc(-c2noc(-c3cc(OC)nc(C4CCCCC4)c3)n2)cc(C)c1OC[C@@H](O)CO. The van der Waals surface area contributed by atoms with Crippen LogP contribution in [0, 0.1) is 6.92 Å². The highest BCUT2D eigenvalue weighted by atomic mass is 16.5. The number of aryl methyl sites for hydroxylation is 2. The number of nitrogens with zero attached hydrogens (tertiary/aromatic N) is 3. The summed E-state index contributed by atoms with van der Waals surface area (Å²) in [7, 11) is 1.62. The molecule has 1 aliphatic rings. The van der Waals surface area contributed by atoms with E-state index in [0.717, 1.165) is 47.2 Å². The van der Waals surface area contributed by atoms with Crippen LogP contribution in [0.4, 0.5) is 0 Å². The highest BCUT2D eigenvalue weighted by molar-refractivity contribution is 5.64. The predicted molar refractivity (Wildman–Crippen MR) is 128 cm³/mol. The van der Waals surface area contributed by atoms with Gasteiger partial charge in [0.15, 0.2) is 0 Å². The van der Waals surface area contributed by atoms with Crippen LogP contribution in [0.5, 0.6) is 11.6 Å². The summed E-state index contributed by atoms with van der Waals surface area (Å²) in [5.74, 6) is 2.60. The zero-order valence-electron chi connectivity index (χ0n) is 20.1. The Morgan fingerprint density at radius 2 is 1.88 bits per heavy atom. The first-order valence-corrected chi connectivity index (χ1v) is 12.0. The van der Waals surface area contributed by atoms with Crippen molar-refractivity contribution in [3.05, 3.63) is 41.1 Å². The zero-order chi connectivity index (χ0) is 24.1. The largest absolute Gasteiger partial charge is 0.490 e. The van der Waals surface area contributed by atoms with Gasteiger partial charge in [-0.25, -0.2) is 4.98 Å². The fourth-order valence-electron chi connectivity index (χ4n) is 4.50. The third-order valence-electron chi connectivity index (χ3n) is 6.35. The molecule has 0 saturated heterocycles. The van der Waals surface area contributed by atoms with Crippen molar-refractivity contribution < 1.29 is 24.2 Å². The summed E-state index contributed by atoms with van der Waals surface area (Å²) in [5.41, 5.74) is 4.52. The lowest BCUT2D eigenvalue weighted by atomic mass is 9.86. The molecule has 1 saturated carbocycles. The maximum absolute atomic E-state index is 9.64. The quantitative estimate of drug-likeness (QED) is 0.475. The van der Waals surface area contributed by atoms with Crippen molar-refractivity contribution in [1.82, 2.24) is 15.1 Å². The Labute approximate surface area is 200 Å². The van der Waals surface area contributed by atoms with Gasteiger partial charge in [0.25, 0.3) is 5.89 Å². The van der Waals surface area contributed by atoms with Crippen LogP contribution in [0.25, 0.3) is 22.8 Å². The molecule has 2 aromatic heterocycles. The number of pyridine rings is 1. The summed E-state index contributed by atoms with van der Waals surface area (Å²) >= 11 is 0. The van der Waals surface area contributed by atoms with E-state index in [9.17, 15) is 5.11 Å². The summed E-state index contributed by atoms with van der Waals surface area (Å²) in [6.45, 7) is 3.66. The molecular formula is C26H33N3O5. The molecule has 0 bridgehead atoms. The van der Waals surface area contributed by atoms with Gasteiger partial charge in [0.1, 0.15) is 18.5 Å². The number of hydrogen-bond acceptors (Lipinski definition) is 8. The Morgan fingerprint density at radius 1 is 1.09 bits per heavy atom. The third kappa shape index (κ3) is 5.39. The van der Waals surface area contributed by atoms with Crippen LogP contribution in [-0.2, 0) is 6.42 Å². The fourth-order valence-corrected chi connectivity index (χ4v) is 4.50. The van der Waals surface area contributed by atoms with E-state index in [-0.39, 0.29) is 13.2 Å². The number of hydrogen-bond donors (Lipinski definition) is 2. The summed E-state index contributed by atoms with van der Waals surface area (Å²) in [5, 5.41) is 22.9. The topological polar surface area (TPSA) is 111 Å². The minimum absolute atomic E-state index is 0.0310. The molecule has 1 atom stereocenters. The Hall–Kier alpha value is -2.97. The summed E-state index contributed by atoms with van der Waals surface area (Å²) in [4.78, 5) is 9.36. The second-order valence-corrected chi connectivity index (χ2v) is 8.86. The van der Waals surface area contributed by atoms with Gasteiger partial charge in [-0.15, -0.1) is 0 Å². The molecule has 2 N–H and O–H groups in total. The van der Waals surface area contributed by atoms with E-state index < -0.39 is 6.10 Å². The maximum Gasteiger partial charge on any atom is 0.258 e.